The Bertz CT molecular complexity index is 407. The maximum atomic E-state index is 11.5. The summed E-state index contributed by atoms with van der Waals surface area (Å²) >= 11 is 0. The van der Waals surface area contributed by atoms with Crippen molar-refractivity contribution in [2.45, 2.75) is 18.9 Å². The summed E-state index contributed by atoms with van der Waals surface area (Å²) in [6.07, 6.45) is 7.85. The highest BCUT2D eigenvalue weighted by Crippen LogP contribution is 2.18. The van der Waals surface area contributed by atoms with Crippen LogP contribution >= 0.6 is 0 Å². The zero-order chi connectivity index (χ0) is 11.4. The van der Waals surface area contributed by atoms with Gasteiger partial charge in [-0.05, 0) is 25.0 Å². The van der Waals surface area contributed by atoms with Crippen LogP contribution in [0.4, 0.5) is 5.82 Å². The molecule has 0 aliphatic heterocycles. The Labute approximate surface area is 94.3 Å². The average Bonchev–Trinajstić information content (AvgIpc) is 2.82. The molecule has 0 saturated heterocycles. The van der Waals surface area contributed by atoms with Gasteiger partial charge in [-0.2, -0.15) is 0 Å². The molecule has 0 aromatic carbocycles. The summed E-state index contributed by atoms with van der Waals surface area (Å²) in [6.45, 7) is 0. The third kappa shape index (κ3) is 2.21. The van der Waals surface area contributed by atoms with Crippen molar-refractivity contribution in [2.24, 2.45) is 0 Å². The van der Waals surface area contributed by atoms with Gasteiger partial charge in [0.15, 0.2) is 0 Å². The van der Waals surface area contributed by atoms with E-state index in [0.717, 1.165) is 12.8 Å². The Kier molecular flexibility index (Phi) is 3.19. The number of pyridine rings is 1. The van der Waals surface area contributed by atoms with Crippen LogP contribution in [0, 0.1) is 0 Å². The van der Waals surface area contributed by atoms with Crippen molar-refractivity contribution in [3.8, 4) is 0 Å². The van der Waals surface area contributed by atoms with Crippen LogP contribution in [-0.4, -0.2) is 24.1 Å². The van der Waals surface area contributed by atoms with E-state index < -0.39 is 0 Å². The lowest BCUT2D eigenvalue weighted by Crippen LogP contribution is -2.18. The number of ether oxygens (including phenoxy) is 1. The largest absolute Gasteiger partial charge is 0.465 e. The van der Waals surface area contributed by atoms with Crippen LogP contribution in [-0.2, 0) is 4.74 Å². The second kappa shape index (κ2) is 4.79. The number of rotatable bonds is 3. The molecule has 84 valence electrons. The van der Waals surface area contributed by atoms with Gasteiger partial charge in [0.1, 0.15) is 11.4 Å². The number of anilines is 1. The van der Waals surface area contributed by atoms with Gasteiger partial charge in [-0.25, -0.2) is 9.78 Å². The number of methoxy groups -OCH3 is 1. The second-order valence-corrected chi connectivity index (χ2v) is 3.68. The van der Waals surface area contributed by atoms with E-state index in [0.29, 0.717) is 17.4 Å². The summed E-state index contributed by atoms with van der Waals surface area (Å²) in [6, 6.07) is 3.77. The van der Waals surface area contributed by atoms with Crippen LogP contribution < -0.4 is 5.32 Å². The van der Waals surface area contributed by atoms with Crippen molar-refractivity contribution in [1.29, 1.82) is 0 Å². The van der Waals surface area contributed by atoms with Gasteiger partial charge in [0.05, 0.1) is 7.11 Å². The van der Waals surface area contributed by atoms with Gasteiger partial charge >= 0.3 is 5.97 Å². The fourth-order valence-corrected chi connectivity index (χ4v) is 1.72. The van der Waals surface area contributed by atoms with Gasteiger partial charge in [0.2, 0.25) is 0 Å². The molecular formula is C12H14N2O2. The van der Waals surface area contributed by atoms with Crippen molar-refractivity contribution < 1.29 is 9.53 Å². The zero-order valence-corrected chi connectivity index (χ0v) is 9.14. The Morgan fingerprint density at radius 1 is 1.50 bits per heavy atom. The highest BCUT2D eigenvalue weighted by molar-refractivity contribution is 5.94. The molecule has 1 aliphatic rings. The van der Waals surface area contributed by atoms with Crippen LogP contribution in [0.3, 0.4) is 0 Å². The first-order valence-corrected chi connectivity index (χ1v) is 5.26. The first kappa shape index (κ1) is 10.7. The van der Waals surface area contributed by atoms with Gasteiger partial charge in [-0.15, -0.1) is 0 Å². The lowest BCUT2D eigenvalue weighted by atomic mass is 10.2. The first-order valence-electron chi connectivity index (χ1n) is 5.26. The van der Waals surface area contributed by atoms with E-state index in [4.69, 9.17) is 4.74 Å². The molecule has 0 spiro atoms. The molecule has 0 amide bonds. The molecule has 0 fully saturated rings. The van der Waals surface area contributed by atoms with E-state index in [2.05, 4.69) is 22.5 Å². The zero-order valence-electron chi connectivity index (χ0n) is 9.14. The number of aromatic nitrogens is 1. The minimum absolute atomic E-state index is 0.332. The molecule has 1 heterocycles. The molecule has 1 aliphatic carbocycles. The van der Waals surface area contributed by atoms with Crippen LogP contribution in [0.1, 0.15) is 23.2 Å². The van der Waals surface area contributed by atoms with Crippen molar-refractivity contribution >= 4 is 11.8 Å². The molecule has 1 aromatic heterocycles. The number of hydrogen-bond donors (Lipinski definition) is 1. The topological polar surface area (TPSA) is 51.2 Å². The van der Waals surface area contributed by atoms with Crippen molar-refractivity contribution in [1.82, 2.24) is 4.98 Å². The number of esters is 1. The summed E-state index contributed by atoms with van der Waals surface area (Å²) < 4.78 is 4.71. The fraction of sp³-hybridized carbons (Fsp3) is 0.333. The van der Waals surface area contributed by atoms with Crippen molar-refractivity contribution in [3.63, 3.8) is 0 Å². The molecule has 4 heteroatoms. The van der Waals surface area contributed by atoms with E-state index in [-0.39, 0.29) is 5.97 Å². The van der Waals surface area contributed by atoms with E-state index in [1.807, 2.05) is 0 Å². The van der Waals surface area contributed by atoms with Gasteiger partial charge < -0.3 is 10.1 Å². The molecule has 0 bridgehead atoms. The minimum atomic E-state index is -0.360. The highest BCUT2D eigenvalue weighted by Gasteiger charge is 2.16. The Balaban J connectivity index is 2.16. The molecule has 16 heavy (non-hydrogen) atoms. The number of nitrogens with zero attached hydrogens (tertiary/aromatic N) is 1. The first-order chi connectivity index (χ1) is 7.81. The summed E-state index contributed by atoms with van der Waals surface area (Å²) in [4.78, 5) is 15.7. The summed E-state index contributed by atoms with van der Waals surface area (Å²) in [5, 5.41) is 3.25. The fourth-order valence-electron chi connectivity index (χ4n) is 1.72. The minimum Gasteiger partial charge on any atom is -0.465 e. The number of nitrogens with one attached hydrogen (secondary N) is 1. The van der Waals surface area contributed by atoms with Crippen LogP contribution in [0.25, 0.3) is 0 Å². The second-order valence-electron chi connectivity index (χ2n) is 3.68. The normalized spacial score (nSPS) is 15.1. The molecule has 0 saturated carbocycles. The molecule has 0 unspecified atom stereocenters. The highest BCUT2D eigenvalue weighted by atomic mass is 16.5. The third-order valence-corrected chi connectivity index (χ3v) is 2.56. The predicted octanol–water partition coefficient (Wildman–Crippen LogP) is 2.00. The summed E-state index contributed by atoms with van der Waals surface area (Å²) in [5.74, 6) is 0.240. The van der Waals surface area contributed by atoms with Crippen molar-refractivity contribution in [3.05, 3.63) is 36.0 Å². The average molecular weight is 218 g/mol. The van der Waals surface area contributed by atoms with Gasteiger partial charge in [0.25, 0.3) is 0 Å². The Hall–Kier alpha value is -1.84. The third-order valence-electron chi connectivity index (χ3n) is 2.56. The van der Waals surface area contributed by atoms with Crippen LogP contribution in [0.15, 0.2) is 30.5 Å². The quantitative estimate of drug-likeness (QED) is 0.622. The maximum Gasteiger partial charge on any atom is 0.341 e. The summed E-state index contributed by atoms with van der Waals surface area (Å²) in [5.41, 5.74) is 0.483. The SMILES string of the molecule is COC(=O)c1cccnc1NC1CC=CC1. The molecule has 2 rings (SSSR count). The van der Waals surface area contributed by atoms with Gasteiger partial charge in [-0.3, -0.25) is 0 Å². The Morgan fingerprint density at radius 2 is 2.25 bits per heavy atom. The molecule has 1 N–H and O–H groups in total. The maximum absolute atomic E-state index is 11.5. The van der Waals surface area contributed by atoms with E-state index in [1.165, 1.54) is 7.11 Å². The van der Waals surface area contributed by atoms with E-state index in [9.17, 15) is 4.79 Å². The van der Waals surface area contributed by atoms with Gasteiger partial charge in [-0.1, -0.05) is 12.2 Å². The van der Waals surface area contributed by atoms with Crippen LogP contribution in [0.5, 0.6) is 0 Å². The lowest BCUT2D eigenvalue weighted by molar-refractivity contribution is 0.0601. The molecule has 0 radical (unpaired) electrons. The molecule has 0 atom stereocenters. The summed E-state index contributed by atoms with van der Waals surface area (Å²) in [7, 11) is 1.37. The van der Waals surface area contributed by atoms with E-state index in [1.54, 1.807) is 18.3 Å². The number of hydrogen-bond acceptors (Lipinski definition) is 4. The van der Waals surface area contributed by atoms with Crippen LogP contribution in [0.2, 0.25) is 0 Å². The predicted molar refractivity (Wildman–Crippen MR) is 61.4 cm³/mol. The van der Waals surface area contributed by atoms with Crippen molar-refractivity contribution in [2.75, 3.05) is 12.4 Å². The molecule has 4 nitrogen and oxygen atoms in total. The molecular weight excluding hydrogens is 204 g/mol. The van der Waals surface area contributed by atoms with E-state index >= 15 is 0 Å². The lowest BCUT2D eigenvalue weighted by Gasteiger charge is -2.14. The Morgan fingerprint density at radius 3 is 2.94 bits per heavy atom. The molecule has 1 aromatic rings. The number of carbonyl (C=O) groups is 1. The van der Waals surface area contributed by atoms with Gasteiger partial charge in [0, 0.05) is 12.2 Å². The smallest absolute Gasteiger partial charge is 0.341 e. The standard InChI is InChI=1S/C12H14N2O2/c1-16-12(15)10-7-4-8-13-11(10)14-9-5-2-3-6-9/h2-4,7-9H,5-6H2,1H3,(H,13,14). The number of carbonyl (C=O) groups excluding carboxylic acids is 1. The monoisotopic (exact) mass is 218 g/mol.